The molecule has 4 rings (SSSR count). The molecule has 0 radical (unpaired) electrons. The Balaban J connectivity index is 1.34. The lowest BCUT2D eigenvalue weighted by molar-refractivity contribution is -0.199. The number of carbonyl (C=O) groups is 1. The van der Waals surface area contributed by atoms with Gasteiger partial charge in [0.1, 0.15) is 6.73 Å². The Morgan fingerprint density at radius 1 is 1.17 bits per heavy atom. The molecule has 1 amide bonds. The predicted octanol–water partition coefficient (Wildman–Crippen LogP) is 3.27. The van der Waals surface area contributed by atoms with Crippen molar-refractivity contribution in [2.24, 2.45) is 11.8 Å². The Kier molecular flexibility index (Phi) is 7.55. The van der Waals surface area contributed by atoms with Crippen LogP contribution in [0.3, 0.4) is 0 Å². The van der Waals surface area contributed by atoms with Gasteiger partial charge in [0.2, 0.25) is 5.91 Å². The number of amides is 1. The van der Waals surface area contributed by atoms with Crippen molar-refractivity contribution in [3.8, 4) is 0 Å². The summed E-state index contributed by atoms with van der Waals surface area (Å²) in [6, 6.07) is 10.5. The molecule has 1 aromatic rings. The predicted molar refractivity (Wildman–Crippen MR) is 110 cm³/mol. The lowest BCUT2D eigenvalue weighted by Gasteiger charge is -2.33. The van der Waals surface area contributed by atoms with Crippen molar-refractivity contribution in [2.45, 2.75) is 63.7 Å². The van der Waals surface area contributed by atoms with E-state index in [1.165, 1.54) is 24.8 Å². The van der Waals surface area contributed by atoms with Gasteiger partial charge in [0.15, 0.2) is 6.29 Å². The molecule has 1 N–H and O–H groups in total. The zero-order chi connectivity index (χ0) is 19.9. The van der Waals surface area contributed by atoms with Crippen LogP contribution in [-0.2, 0) is 25.5 Å². The van der Waals surface area contributed by atoms with Crippen LogP contribution in [0.15, 0.2) is 30.3 Å². The fourth-order valence-electron chi connectivity index (χ4n) is 4.46. The smallest absolute Gasteiger partial charge is 0.229 e. The van der Waals surface area contributed by atoms with Crippen molar-refractivity contribution in [1.29, 1.82) is 0 Å². The summed E-state index contributed by atoms with van der Waals surface area (Å²) in [5.41, 5.74) is 4.31. The molecule has 3 aliphatic rings. The zero-order valence-electron chi connectivity index (χ0n) is 17.3. The second-order valence-electron chi connectivity index (χ2n) is 8.64. The second-order valence-corrected chi connectivity index (χ2v) is 8.64. The van der Waals surface area contributed by atoms with Crippen molar-refractivity contribution < 1.29 is 19.1 Å². The standard InChI is InChI=1S/C23H34N2O4/c26-23(25-17-27-16-21(25)14-19-7-2-1-3-8-19)20(13-18-9-6-10-18)15-24-29-22-11-4-5-12-28-22/h1-3,7-8,18,20-22,24H,4-6,9-17H2. The Labute approximate surface area is 173 Å². The summed E-state index contributed by atoms with van der Waals surface area (Å²) in [7, 11) is 0. The Hall–Kier alpha value is -1.47. The molecule has 2 saturated heterocycles. The third-order valence-electron chi connectivity index (χ3n) is 6.45. The summed E-state index contributed by atoms with van der Waals surface area (Å²) in [5, 5.41) is 0. The Bertz CT molecular complexity index is 631. The average molecular weight is 403 g/mol. The van der Waals surface area contributed by atoms with E-state index in [1.807, 2.05) is 23.1 Å². The Morgan fingerprint density at radius 2 is 2.03 bits per heavy atom. The van der Waals surface area contributed by atoms with Gasteiger partial charge in [0.05, 0.1) is 18.6 Å². The average Bonchev–Trinajstić information content (AvgIpc) is 3.18. The first-order valence-electron chi connectivity index (χ1n) is 11.2. The molecule has 160 valence electrons. The van der Waals surface area contributed by atoms with Crippen molar-refractivity contribution in [1.82, 2.24) is 10.4 Å². The van der Waals surface area contributed by atoms with Crippen LogP contribution in [0.1, 0.15) is 50.5 Å². The molecule has 3 fully saturated rings. The summed E-state index contributed by atoms with van der Waals surface area (Å²) in [6.07, 6.45) is 8.47. The molecule has 6 nitrogen and oxygen atoms in total. The second kappa shape index (κ2) is 10.5. The van der Waals surface area contributed by atoms with Gasteiger partial charge in [-0.2, -0.15) is 5.48 Å². The van der Waals surface area contributed by atoms with Crippen LogP contribution < -0.4 is 5.48 Å². The van der Waals surface area contributed by atoms with Gasteiger partial charge in [-0.1, -0.05) is 49.6 Å². The van der Waals surface area contributed by atoms with Gasteiger partial charge in [-0.25, -0.2) is 0 Å². The van der Waals surface area contributed by atoms with E-state index in [0.29, 0.717) is 25.8 Å². The fourth-order valence-corrected chi connectivity index (χ4v) is 4.46. The number of nitrogens with zero attached hydrogens (tertiary/aromatic N) is 1. The molecule has 1 aromatic carbocycles. The maximum absolute atomic E-state index is 13.4. The Morgan fingerprint density at radius 3 is 2.76 bits per heavy atom. The summed E-state index contributed by atoms with van der Waals surface area (Å²) < 4.78 is 11.3. The molecule has 2 aliphatic heterocycles. The molecule has 3 unspecified atom stereocenters. The summed E-state index contributed by atoms with van der Waals surface area (Å²) in [5.74, 6) is 0.771. The van der Waals surface area contributed by atoms with Crippen molar-refractivity contribution >= 4 is 5.91 Å². The maximum atomic E-state index is 13.4. The largest absolute Gasteiger partial charge is 0.359 e. The number of hydrogen-bond acceptors (Lipinski definition) is 5. The van der Waals surface area contributed by atoms with Crippen LogP contribution in [0.4, 0.5) is 0 Å². The van der Waals surface area contributed by atoms with E-state index in [9.17, 15) is 4.79 Å². The van der Waals surface area contributed by atoms with E-state index < -0.39 is 0 Å². The number of benzene rings is 1. The van der Waals surface area contributed by atoms with E-state index >= 15 is 0 Å². The van der Waals surface area contributed by atoms with E-state index in [1.54, 1.807) is 0 Å². The third-order valence-corrected chi connectivity index (χ3v) is 6.45. The highest BCUT2D eigenvalue weighted by Crippen LogP contribution is 2.33. The van der Waals surface area contributed by atoms with Gasteiger partial charge >= 0.3 is 0 Å². The monoisotopic (exact) mass is 402 g/mol. The van der Waals surface area contributed by atoms with Crippen molar-refractivity contribution in [2.75, 3.05) is 26.5 Å². The summed E-state index contributed by atoms with van der Waals surface area (Å²) >= 11 is 0. The van der Waals surface area contributed by atoms with Gasteiger partial charge in [-0.05, 0) is 37.2 Å². The van der Waals surface area contributed by atoms with Gasteiger partial charge in [-0.15, -0.1) is 0 Å². The van der Waals surface area contributed by atoms with Gasteiger partial charge in [0, 0.05) is 19.6 Å². The minimum Gasteiger partial charge on any atom is -0.359 e. The quantitative estimate of drug-likeness (QED) is 0.643. The number of ether oxygens (including phenoxy) is 2. The number of hydrogen-bond donors (Lipinski definition) is 1. The molecule has 29 heavy (non-hydrogen) atoms. The van der Waals surface area contributed by atoms with Crippen LogP contribution in [0.25, 0.3) is 0 Å². The van der Waals surface area contributed by atoms with E-state index in [0.717, 1.165) is 38.7 Å². The summed E-state index contributed by atoms with van der Waals surface area (Å²) in [4.78, 5) is 21.1. The van der Waals surface area contributed by atoms with Gasteiger partial charge < -0.3 is 14.4 Å². The normalized spacial score (nSPS) is 26.3. The van der Waals surface area contributed by atoms with E-state index in [2.05, 4.69) is 17.6 Å². The first-order valence-corrected chi connectivity index (χ1v) is 11.2. The molecule has 1 saturated carbocycles. The highest BCUT2D eigenvalue weighted by Gasteiger charge is 2.36. The highest BCUT2D eigenvalue weighted by atomic mass is 16.8. The SMILES string of the molecule is O=C(C(CNOC1CCCCO1)CC1CCC1)N1COCC1Cc1ccccc1. The van der Waals surface area contributed by atoms with E-state index in [4.69, 9.17) is 14.3 Å². The van der Waals surface area contributed by atoms with Crippen LogP contribution in [0.5, 0.6) is 0 Å². The number of rotatable bonds is 9. The van der Waals surface area contributed by atoms with Crippen LogP contribution in [0.2, 0.25) is 0 Å². The molecule has 6 heteroatoms. The number of carbonyl (C=O) groups excluding carboxylic acids is 1. The molecule has 0 spiro atoms. The minimum atomic E-state index is -0.191. The molecular formula is C23H34N2O4. The first kappa shape index (κ1) is 20.8. The topological polar surface area (TPSA) is 60.0 Å². The molecule has 0 aromatic heterocycles. The first-order chi connectivity index (χ1) is 14.3. The zero-order valence-corrected chi connectivity index (χ0v) is 17.3. The lowest BCUT2D eigenvalue weighted by atomic mass is 9.78. The van der Waals surface area contributed by atoms with Crippen LogP contribution >= 0.6 is 0 Å². The van der Waals surface area contributed by atoms with Crippen LogP contribution in [0, 0.1) is 11.8 Å². The number of nitrogens with one attached hydrogen (secondary N) is 1. The maximum Gasteiger partial charge on any atom is 0.229 e. The van der Waals surface area contributed by atoms with E-state index in [-0.39, 0.29) is 24.2 Å². The molecule has 3 atom stereocenters. The molecule has 1 aliphatic carbocycles. The fraction of sp³-hybridized carbons (Fsp3) is 0.696. The lowest BCUT2D eigenvalue weighted by Crippen LogP contribution is -2.45. The van der Waals surface area contributed by atoms with Gasteiger partial charge in [0.25, 0.3) is 0 Å². The minimum absolute atomic E-state index is 0.0798. The molecule has 0 bridgehead atoms. The van der Waals surface area contributed by atoms with Crippen molar-refractivity contribution in [3.63, 3.8) is 0 Å². The molecule has 2 heterocycles. The van der Waals surface area contributed by atoms with Crippen molar-refractivity contribution in [3.05, 3.63) is 35.9 Å². The third kappa shape index (κ3) is 5.79. The summed E-state index contributed by atoms with van der Waals surface area (Å²) in [6.45, 7) is 2.29. The van der Waals surface area contributed by atoms with Crippen LogP contribution in [-0.4, -0.2) is 49.6 Å². The van der Waals surface area contributed by atoms with Gasteiger partial charge in [-0.3, -0.25) is 9.63 Å². The molecular weight excluding hydrogens is 368 g/mol. The highest BCUT2D eigenvalue weighted by molar-refractivity contribution is 5.79. The number of hydroxylamine groups is 1.